The van der Waals surface area contributed by atoms with E-state index in [0.29, 0.717) is 0 Å². The summed E-state index contributed by atoms with van der Waals surface area (Å²) in [5.41, 5.74) is 1.22. The molecule has 4 heteroatoms. The molecular formula is C14H23N3S. The van der Waals surface area contributed by atoms with Crippen molar-refractivity contribution >= 4 is 16.5 Å². The van der Waals surface area contributed by atoms with Gasteiger partial charge in [-0.05, 0) is 31.6 Å². The molecule has 1 aliphatic carbocycles. The van der Waals surface area contributed by atoms with Crippen LogP contribution < -0.4 is 10.2 Å². The Hall–Kier alpha value is -0.610. The zero-order chi connectivity index (χ0) is 12.4. The van der Waals surface area contributed by atoms with E-state index in [1.54, 1.807) is 0 Å². The lowest BCUT2D eigenvalue weighted by Gasteiger charge is -2.31. The van der Waals surface area contributed by atoms with Gasteiger partial charge in [-0.25, -0.2) is 4.98 Å². The van der Waals surface area contributed by atoms with Crippen molar-refractivity contribution in [2.45, 2.75) is 51.6 Å². The van der Waals surface area contributed by atoms with E-state index in [9.17, 15) is 0 Å². The zero-order valence-corrected chi connectivity index (χ0v) is 12.0. The van der Waals surface area contributed by atoms with Gasteiger partial charge in [0.25, 0.3) is 0 Å². The molecule has 3 rings (SSSR count). The number of hydrogen-bond acceptors (Lipinski definition) is 4. The lowest BCUT2D eigenvalue weighted by atomic mass is 9.96. The average molecular weight is 265 g/mol. The number of rotatable bonds is 5. The van der Waals surface area contributed by atoms with Gasteiger partial charge in [0.2, 0.25) is 0 Å². The van der Waals surface area contributed by atoms with Crippen molar-refractivity contribution in [2.75, 3.05) is 18.0 Å². The number of anilines is 1. The fraction of sp³-hybridized carbons (Fsp3) is 0.786. The molecule has 0 aromatic carbocycles. The summed E-state index contributed by atoms with van der Waals surface area (Å²) >= 11 is 1.82. The lowest BCUT2D eigenvalue weighted by Crippen LogP contribution is -2.35. The van der Waals surface area contributed by atoms with Crippen molar-refractivity contribution in [1.82, 2.24) is 10.3 Å². The number of thiazole rings is 1. The molecule has 1 unspecified atom stereocenters. The molecule has 0 amide bonds. The van der Waals surface area contributed by atoms with Gasteiger partial charge in [0, 0.05) is 31.1 Å². The van der Waals surface area contributed by atoms with Crippen LogP contribution >= 0.6 is 11.3 Å². The molecule has 2 aliphatic rings. The van der Waals surface area contributed by atoms with E-state index in [-0.39, 0.29) is 0 Å². The van der Waals surface area contributed by atoms with E-state index < -0.39 is 0 Å². The number of nitrogens with zero attached hydrogens (tertiary/aromatic N) is 2. The average Bonchev–Trinajstić information content (AvgIpc) is 3.13. The molecule has 0 radical (unpaired) electrons. The maximum atomic E-state index is 4.78. The highest BCUT2D eigenvalue weighted by molar-refractivity contribution is 7.13. The van der Waals surface area contributed by atoms with E-state index in [1.165, 1.54) is 56.0 Å². The van der Waals surface area contributed by atoms with E-state index in [0.717, 1.165) is 18.5 Å². The minimum absolute atomic E-state index is 0.773. The van der Waals surface area contributed by atoms with Crippen LogP contribution in [0.5, 0.6) is 0 Å². The predicted octanol–water partition coefficient (Wildman–Crippen LogP) is 3.02. The largest absolute Gasteiger partial charge is 0.348 e. The molecule has 1 saturated carbocycles. The molecule has 3 nitrogen and oxygen atoms in total. The molecule has 1 aliphatic heterocycles. The standard InChI is InChI=1S/C14H23N3S/c1-2-11-4-3-7-17(9-11)14-16-13(10-18-14)8-15-12-5-6-12/h10-12,15H,2-9H2,1H3. The zero-order valence-electron chi connectivity index (χ0n) is 11.2. The number of aromatic nitrogens is 1. The monoisotopic (exact) mass is 265 g/mol. The van der Waals surface area contributed by atoms with Crippen molar-refractivity contribution in [3.63, 3.8) is 0 Å². The minimum Gasteiger partial charge on any atom is -0.348 e. The SMILES string of the molecule is CCC1CCCN(c2nc(CNC3CC3)cs2)C1. The van der Waals surface area contributed by atoms with Crippen LogP contribution in [0.15, 0.2) is 5.38 Å². The fourth-order valence-electron chi connectivity index (χ4n) is 2.63. The van der Waals surface area contributed by atoms with Crippen LogP contribution in [0.2, 0.25) is 0 Å². The van der Waals surface area contributed by atoms with Gasteiger partial charge < -0.3 is 10.2 Å². The number of nitrogens with one attached hydrogen (secondary N) is 1. The Morgan fingerprint density at radius 3 is 3.11 bits per heavy atom. The minimum atomic E-state index is 0.773. The Bertz CT molecular complexity index is 386. The van der Waals surface area contributed by atoms with Crippen LogP contribution in [0.25, 0.3) is 0 Å². The van der Waals surface area contributed by atoms with Crippen molar-refractivity contribution in [2.24, 2.45) is 5.92 Å². The summed E-state index contributed by atoms with van der Waals surface area (Å²) in [6.07, 6.45) is 6.72. The van der Waals surface area contributed by atoms with Crippen LogP contribution in [0.4, 0.5) is 5.13 Å². The van der Waals surface area contributed by atoms with Crippen molar-refractivity contribution in [3.8, 4) is 0 Å². The van der Waals surface area contributed by atoms with Gasteiger partial charge >= 0.3 is 0 Å². The molecule has 2 fully saturated rings. The summed E-state index contributed by atoms with van der Waals surface area (Å²) in [7, 11) is 0. The summed E-state index contributed by atoms with van der Waals surface area (Å²) < 4.78 is 0. The Kier molecular flexibility index (Phi) is 3.85. The van der Waals surface area contributed by atoms with E-state index in [1.807, 2.05) is 11.3 Å². The third-order valence-corrected chi connectivity index (χ3v) is 5.01. The van der Waals surface area contributed by atoms with E-state index >= 15 is 0 Å². The van der Waals surface area contributed by atoms with E-state index in [2.05, 4.69) is 22.5 Å². The van der Waals surface area contributed by atoms with Gasteiger partial charge in [0.05, 0.1) is 5.69 Å². The highest BCUT2D eigenvalue weighted by Crippen LogP contribution is 2.28. The molecule has 1 atom stereocenters. The molecule has 0 bridgehead atoms. The molecule has 1 saturated heterocycles. The van der Waals surface area contributed by atoms with Crippen LogP contribution in [0.3, 0.4) is 0 Å². The first-order valence-electron chi connectivity index (χ1n) is 7.28. The van der Waals surface area contributed by atoms with Gasteiger partial charge in [0.15, 0.2) is 5.13 Å². The van der Waals surface area contributed by atoms with Gasteiger partial charge in [-0.15, -0.1) is 11.3 Å². The first-order valence-corrected chi connectivity index (χ1v) is 8.16. The normalized spacial score (nSPS) is 24.5. The van der Waals surface area contributed by atoms with Crippen molar-refractivity contribution < 1.29 is 0 Å². The second-order valence-corrected chi connectivity index (χ2v) is 6.48. The molecule has 1 aromatic heterocycles. The smallest absolute Gasteiger partial charge is 0.185 e. The number of hydrogen-bond donors (Lipinski definition) is 1. The fourth-order valence-corrected chi connectivity index (χ4v) is 3.49. The topological polar surface area (TPSA) is 28.2 Å². The second-order valence-electron chi connectivity index (χ2n) is 5.64. The predicted molar refractivity (Wildman–Crippen MR) is 77.2 cm³/mol. The van der Waals surface area contributed by atoms with Gasteiger partial charge in [-0.2, -0.15) is 0 Å². The van der Waals surface area contributed by atoms with Crippen LogP contribution in [0.1, 0.15) is 44.7 Å². The highest BCUT2D eigenvalue weighted by atomic mass is 32.1. The Labute approximate surface area is 114 Å². The molecular weight excluding hydrogens is 242 g/mol. The molecule has 0 spiro atoms. The maximum absolute atomic E-state index is 4.78. The first-order chi connectivity index (χ1) is 8.85. The summed E-state index contributed by atoms with van der Waals surface area (Å²) in [4.78, 5) is 7.27. The van der Waals surface area contributed by atoms with Gasteiger partial charge in [-0.3, -0.25) is 0 Å². The molecule has 1 N–H and O–H groups in total. The quantitative estimate of drug-likeness (QED) is 0.887. The van der Waals surface area contributed by atoms with Crippen molar-refractivity contribution in [3.05, 3.63) is 11.1 Å². The van der Waals surface area contributed by atoms with Crippen molar-refractivity contribution in [1.29, 1.82) is 0 Å². The summed E-state index contributed by atoms with van der Waals surface area (Å²) in [5, 5.41) is 6.99. The Balaban J connectivity index is 1.57. The molecule has 100 valence electrons. The second kappa shape index (κ2) is 5.57. The lowest BCUT2D eigenvalue weighted by molar-refractivity contribution is 0.404. The summed E-state index contributed by atoms with van der Waals surface area (Å²) in [6.45, 7) is 5.66. The molecule has 1 aromatic rings. The third-order valence-electron chi connectivity index (χ3n) is 4.06. The van der Waals surface area contributed by atoms with E-state index in [4.69, 9.17) is 4.98 Å². The third kappa shape index (κ3) is 3.04. The summed E-state index contributed by atoms with van der Waals surface area (Å²) in [5.74, 6) is 0.871. The Morgan fingerprint density at radius 2 is 2.33 bits per heavy atom. The molecule has 2 heterocycles. The molecule has 18 heavy (non-hydrogen) atoms. The maximum Gasteiger partial charge on any atom is 0.185 e. The van der Waals surface area contributed by atoms with Crippen LogP contribution in [-0.2, 0) is 6.54 Å². The summed E-state index contributed by atoms with van der Waals surface area (Å²) in [6, 6.07) is 0.773. The Morgan fingerprint density at radius 1 is 1.44 bits per heavy atom. The number of piperidine rings is 1. The van der Waals surface area contributed by atoms with Crippen LogP contribution in [0, 0.1) is 5.92 Å². The van der Waals surface area contributed by atoms with Gasteiger partial charge in [-0.1, -0.05) is 13.3 Å². The highest BCUT2D eigenvalue weighted by Gasteiger charge is 2.22. The first kappa shape index (κ1) is 12.4. The van der Waals surface area contributed by atoms with Crippen LogP contribution in [-0.4, -0.2) is 24.1 Å². The van der Waals surface area contributed by atoms with Gasteiger partial charge in [0.1, 0.15) is 0 Å².